The second-order valence-electron chi connectivity index (χ2n) is 11.9. The van der Waals surface area contributed by atoms with Crippen LogP contribution in [0.1, 0.15) is 13.7 Å². The first kappa shape index (κ1) is 23.8. The fraction of sp³-hybridized carbons (Fsp3) is 0. The summed E-state index contributed by atoms with van der Waals surface area (Å²) in [5.74, 6) is 1.23. The Hall–Kier alpha value is -6.62. The molecule has 54 heavy (non-hydrogen) atoms. The Balaban J connectivity index is 0.00000518. The fourth-order valence-corrected chi connectivity index (χ4v) is 6.65. The molecule has 260 valence electrons. The summed E-state index contributed by atoms with van der Waals surface area (Å²) in [5, 5.41) is 1.94. The van der Waals surface area contributed by atoms with Gasteiger partial charge in [0, 0.05) is 50.5 Å². The fourth-order valence-electron chi connectivity index (χ4n) is 6.65. The van der Waals surface area contributed by atoms with E-state index >= 15 is 0 Å². The van der Waals surface area contributed by atoms with Crippen molar-refractivity contribution >= 4 is 32.8 Å². The van der Waals surface area contributed by atoms with E-state index in [9.17, 15) is 0 Å². The maximum atomic E-state index is 8.95. The molecular formula is C47H29N5OPt-2. The molecule has 0 aliphatic carbocycles. The molecule has 6 nitrogen and oxygen atoms in total. The van der Waals surface area contributed by atoms with E-state index in [-0.39, 0.29) is 49.0 Å². The summed E-state index contributed by atoms with van der Waals surface area (Å²) in [7, 11) is 0. The Bertz CT molecular complexity index is 3380. The van der Waals surface area contributed by atoms with Gasteiger partial charge in [-0.15, -0.1) is 29.7 Å². The number of hydrogen-bond donors (Lipinski definition) is 0. The van der Waals surface area contributed by atoms with Crippen LogP contribution in [-0.2, 0) is 21.1 Å². The summed E-state index contributed by atoms with van der Waals surface area (Å²) in [5.41, 5.74) is 3.41. The number of hydrogen-bond acceptors (Lipinski definition) is 3. The van der Waals surface area contributed by atoms with E-state index in [1.54, 1.807) is 76.1 Å². The van der Waals surface area contributed by atoms with Crippen molar-refractivity contribution < 1.29 is 44.1 Å². The minimum atomic E-state index is -0.573. The van der Waals surface area contributed by atoms with Crippen molar-refractivity contribution in [3.05, 3.63) is 194 Å². The van der Waals surface area contributed by atoms with Gasteiger partial charge in [0.1, 0.15) is 0 Å². The molecule has 0 unspecified atom stereocenters. The van der Waals surface area contributed by atoms with E-state index in [4.69, 9.17) is 18.4 Å². The van der Waals surface area contributed by atoms with Crippen LogP contribution in [0.15, 0.2) is 176 Å². The van der Waals surface area contributed by atoms with Gasteiger partial charge in [0.15, 0.2) is 0 Å². The molecule has 10 rings (SSSR count). The Kier molecular flexibility index (Phi) is 6.21. The summed E-state index contributed by atoms with van der Waals surface area (Å²) in [4.78, 5) is 9.01. The number of rotatable bonds is 7. The van der Waals surface area contributed by atoms with Gasteiger partial charge in [-0.1, -0.05) is 127 Å². The van der Waals surface area contributed by atoms with E-state index in [0.717, 1.165) is 21.8 Å². The molecule has 3 aromatic heterocycles. The molecule has 7 aromatic carbocycles. The van der Waals surface area contributed by atoms with E-state index < -0.39 is 60.4 Å². The predicted octanol–water partition coefficient (Wildman–Crippen LogP) is 10.3. The second-order valence-corrected chi connectivity index (χ2v) is 11.9. The third-order valence-electron chi connectivity index (χ3n) is 8.88. The maximum absolute atomic E-state index is 8.95. The van der Waals surface area contributed by atoms with Gasteiger partial charge in [0.25, 0.3) is 6.33 Å². The first-order valence-electron chi connectivity index (χ1n) is 21.6. The monoisotopic (exact) mass is 884 g/mol. The topological polar surface area (TPSA) is 48.8 Å². The first-order valence-corrected chi connectivity index (χ1v) is 16.6. The Morgan fingerprint density at radius 3 is 1.98 bits per heavy atom. The van der Waals surface area contributed by atoms with Gasteiger partial charge in [-0.2, -0.15) is 18.2 Å². The first-order chi connectivity index (χ1) is 30.4. The van der Waals surface area contributed by atoms with Crippen LogP contribution in [0.4, 0.5) is 0 Å². The third-order valence-corrected chi connectivity index (χ3v) is 8.88. The second kappa shape index (κ2) is 14.1. The molecule has 0 aliphatic rings. The molecular weight excluding hydrogens is 846 g/mol. The minimum absolute atomic E-state index is 0. The number of ether oxygens (including phenoxy) is 1. The van der Waals surface area contributed by atoms with Crippen molar-refractivity contribution in [2.45, 2.75) is 0 Å². The average molecular weight is 885 g/mol. The van der Waals surface area contributed by atoms with Gasteiger partial charge < -0.3 is 13.9 Å². The summed E-state index contributed by atoms with van der Waals surface area (Å²) in [6.45, 7) is 0. The third kappa shape index (κ3) is 5.78. The molecule has 10 aromatic rings. The molecule has 0 amide bonds. The van der Waals surface area contributed by atoms with Crippen LogP contribution in [0.2, 0.25) is 0 Å². The molecule has 0 spiro atoms. The Morgan fingerprint density at radius 1 is 0.593 bits per heavy atom. The van der Waals surface area contributed by atoms with Crippen LogP contribution in [0.3, 0.4) is 0 Å². The number of para-hydroxylation sites is 4. The number of aromatic nitrogens is 5. The van der Waals surface area contributed by atoms with E-state index in [2.05, 4.69) is 28.4 Å². The number of benzene rings is 7. The summed E-state index contributed by atoms with van der Waals surface area (Å²) >= 11 is 0. The molecule has 0 saturated carbocycles. The zero-order valence-electron chi connectivity index (χ0n) is 37.9. The van der Waals surface area contributed by atoms with E-state index in [0.29, 0.717) is 34.2 Å². The molecule has 0 fully saturated rings. The molecule has 0 radical (unpaired) electrons. The van der Waals surface area contributed by atoms with Gasteiger partial charge in [-0.3, -0.25) is 4.57 Å². The Labute approximate surface area is 340 Å². The van der Waals surface area contributed by atoms with Crippen molar-refractivity contribution in [1.82, 2.24) is 19.1 Å². The summed E-state index contributed by atoms with van der Waals surface area (Å²) < 4.78 is 98.0. The smallest absolute Gasteiger partial charge is 0.268 e. The van der Waals surface area contributed by atoms with Crippen LogP contribution >= 0.6 is 0 Å². The molecule has 3 heterocycles. The van der Waals surface area contributed by atoms with Crippen LogP contribution in [-0.4, -0.2) is 19.1 Å². The summed E-state index contributed by atoms with van der Waals surface area (Å²) in [6, 6.07) is 32.3. The molecule has 7 heteroatoms. The zero-order chi connectivity index (χ0) is 43.8. The van der Waals surface area contributed by atoms with Crippen LogP contribution < -0.4 is 9.30 Å². The van der Waals surface area contributed by atoms with E-state index in [1.807, 2.05) is 53.1 Å². The number of fused-ring (bicyclic) bond motifs is 4. The quantitative estimate of drug-likeness (QED) is 0.118. The molecule has 0 bridgehead atoms. The predicted molar refractivity (Wildman–Crippen MR) is 209 cm³/mol. The average Bonchev–Trinajstić information content (AvgIpc) is 3.85. The van der Waals surface area contributed by atoms with Crippen LogP contribution in [0.25, 0.3) is 72.4 Å². The number of imidazole rings is 1. The van der Waals surface area contributed by atoms with Crippen LogP contribution in [0.5, 0.6) is 11.5 Å². The number of nitrogens with zero attached hydrogens (tertiary/aromatic N) is 5. The van der Waals surface area contributed by atoms with Gasteiger partial charge >= 0.3 is 0 Å². The molecule has 0 N–H and O–H groups in total. The van der Waals surface area contributed by atoms with Gasteiger partial charge in [-0.25, -0.2) is 9.97 Å². The SMILES string of the molecule is [2H]c1c([2H])c([2H])c(-c2cccc(-c3c([2H])c([2H])c([2H])c([2H])c3[2H])c2-[n+]2[c-]n(-c3[c-]c(Oc4[c-]c5c(cc4)c4ccccc4n5-c4ncccn4)ccc3)c3ccccc32)c([2H])c1[2H].[Pt]. The van der Waals surface area contributed by atoms with Crippen molar-refractivity contribution in [1.29, 1.82) is 0 Å². The minimum Gasteiger partial charge on any atom is -0.510 e. The van der Waals surface area contributed by atoms with Crippen LogP contribution in [0, 0.1) is 18.5 Å². The zero-order valence-corrected chi connectivity index (χ0v) is 30.2. The maximum Gasteiger partial charge on any atom is 0.268 e. The largest absolute Gasteiger partial charge is 0.510 e. The Morgan fingerprint density at radius 2 is 1.24 bits per heavy atom. The van der Waals surface area contributed by atoms with Gasteiger partial charge in [0.05, 0.1) is 30.4 Å². The van der Waals surface area contributed by atoms with Crippen molar-refractivity contribution in [2.75, 3.05) is 0 Å². The van der Waals surface area contributed by atoms with Crippen molar-refractivity contribution in [3.63, 3.8) is 0 Å². The molecule has 0 atom stereocenters. The van der Waals surface area contributed by atoms with Gasteiger partial charge in [0.2, 0.25) is 5.95 Å². The van der Waals surface area contributed by atoms with Crippen molar-refractivity contribution in [3.8, 4) is 51.1 Å². The summed E-state index contributed by atoms with van der Waals surface area (Å²) in [6.07, 6.45) is 6.73. The van der Waals surface area contributed by atoms with Crippen molar-refractivity contribution in [2.24, 2.45) is 0 Å². The standard InChI is InChI=1S/C47H29N5O.Pt/c1-3-14-33(15-4-1)38-21-12-22-39(34-16-5-2-6-17-34)46(38)51-32-50(43-24-9-10-25-44(43)51)35-18-11-19-36(30-35)53-37-26-27-41-40-20-7-8-23-42(40)52(45(41)31-37)47-48-28-13-29-49-47;/h1-29H;/q-2;/i1D,2D,3D,4D,5D,6D,14D,15D,16D,17D;. The van der Waals surface area contributed by atoms with E-state index in [1.165, 1.54) is 0 Å². The normalized spacial score (nSPS) is 13.8. The molecule has 0 aliphatic heterocycles. The molecule has 0 saturated heterocycles. The van der Waals surface area contributed by atoms with Gasteiger partial charge in [-0.05, 0) is 45.5 Å².